The quantitative estimate of drug-likeness (QED) is 0.470. The van der Waals surface area contributed by atoms with Crippen LogP contribution in [0.1, 0.15) is 0 Å². The second kappa shape index (κ2) is 7.09. The minimum atomic E-state index is -3.92. The van der Waals surface area contributed by atoms with Gasteiger partial charge in [-0.15, -0.1) is 0 Å². The molecule has 0 fully saturated rings. The SMILES string of the molecule is C=C1[CH]C=CC=C1.CS(=O)(=O)[O-].[Mn]. The first-order chi connectivity index (χ1) is 5.39. The predicted molar refractivity (Wildman–Crippen MR) is 47.3 cm³/mol. The summed E-state index contributed by atoms with van der Waals surface area (Å²) in [5.74, 6) is 0. The van der Waals surface area contributed by atoms with Crippen LogP contribution in [0.4, 0.5) is 0 Å². The molecule has 0 heterocycles. The minimum absolute atomic E-state index is 0. The van der Waals surface area contributed by atoms with Crippen LogP contribution in [0.3, 0.4) is 0 Å². The van der Waals surface area contributed by atoms with Crippen molar-refractivity contribution in [1.82, 2.24) is 0 Å². The molecule has 0 aromatic heterocycles. The van der Waals surface area contributed by atoms with E-state index in [-0.39, 0.29) is 17.1 Å². The van der Waals surface area contributed by atoms with Crippen molar-refractivity contribution in [1.29, 1.82) is 0 Å². The van der Waals surface area contributed by atoms with Gasteiger partial charge in [-0.3, -0.25) is 0 Å². The van der Waals surface area contributed by atoms with Gasteiger partial charge in [0.15, 0.2) is 0 Å². The second-order valence-electron chi connectivity index (χ2n) is 2.19. The van der Waals surface area contributed by atoms with Crippen molar-refractivity contribution in [2.75, 3.05) is 6.26 Å². The van der Waals surface area contributed by atoms with Gasteiger partial charge in [-0.25, -0.2) is 8.42 Å². The minimum Gasteiger partial charge on any atom is -0.748 e. The van der Waals surface area contributed by atoms with Crippen molar-refractivity contribution in [3.05, 3.63) is 42.9 Å². The van der Waals surface area contributed by atoms with Crippen molar-refractivity contribution in [3.63, 3.8) is 0 Å². The third kappa shape index (κ3) is 18.5. The van der Waals surface area contributed by atoms with Crippen molar-refractivity contribution in [2.24, 2.45) is 0 Å². The first-order valence-electron chi connectivity index (χ1n) is 3.17. The van der Waals surface area contributed by atoms with E-state index in [0.717, 1.165) is 5.57 Å². The molecule has 13 heavy (non-hydrogen) atoms. The molecule has 74 valence electrons. The van der Waals surface area contributed by atoms with Crippen LogP contribution in [0.15, 0.2) is 36.5 Å². The number of allylic oxidation sites excluding steroid dienone is 5. The van der Waals surface area contributed by atoms with E-state index >= 15 is 0 Å². The van der Waals surface area contributed by atoms with Crippen LogP contribution in [0.2, 0.25) is 0 Å². The molecule has 1 rings (SSSR count). The Kier molecular flexibility index (Phi) is 8.26. The zero-order chi connectivity index (χ0) is 9.61. The Morgan fingerprint density at radius 3 is 1.92 bits per heavy atom. The average molecular weight is 241 g/mol. The number of hydrogen-bond donors (Lipinski definition) is 0. The predicted octanol–water partition coefficient (Wildman–Crippen LogP) is 1.03. The summed E-state index contributed by atoms with van der Waals surface area (Å²) >= 11 is 0. The van der Waals surface area contributed by atoms with Crippen LogP contribution in [0.5, 0.6) is 0 Å². The molecule has 3 nitrogen and oxygen atoms in total. The summed E-state index contributed by atoms with van der Waals surface area (Å²) in [5.41, 5.74) is 1.07. The van der Waals surface area contributed by atoms with E-state index in [2.05, 4.69) is 6.58 Å². The zero-order valence-corrected chi connectivity index (χ0v) is 9.10. The summed E-state index contributed by atoms with van der Waals surface area (Å²) in [6, 6.07) is 0. The van der Waals surface area contributed by atoms with Crippen LogP contribution in [0, 0.1) is 6.42 Å². The Bertz CT molecular complexity index is 293. The summed E-state index contributed by atoms with van der Waals surface area (Å²) in [6.07, 6.45) is 10.5. The molecule has 0 amide bonds. The van der Waals surface area contributed by atoms with Gasteiger partial charge in [0.25, 0.3) is 0 Å². The van der Waals surface area contributed by atoms with Gasteiger partial charge < -0.3 is 4.55 Å². The van der Waals surface area contributed by atoms with Crippen LogP contribution in [-0.2, 0) is 27.2 Å². The van der Waals surface area contributed by atoms with E-state index < -0.39 is 10.1 Å². The van der Waals surface area contributed by atoms with E-state index in [9.17, 15) is 0 Å². The van der Waals surface area contributed by atoms with Crippen LogP contribution >= 0.6 is 0 Å². The van der Waals surface area contributed by atoms with Gasteiger partial charge in [-0.1, -0.05) is 30.9 Å². The number of hydrogen-bond acceptors (Lipinski definition) is 3. The van der Waals surface area contributed by atoms with Crippen LogP contribution < -0.4 is 0 Å². The monoisotopic (exact) mass is 241 g/mol. The van der Waals surface area contributed by atoms with E-state index in [0.29, 0.717) is 6.26 Å². The fourth-order valence-electron chi connectivity index (χ4n) is 0.478. The van der Waals surface area contributed by atoms with Crippen LogP contribution in [-0.4, -0.2) is 19.2 Å². The summed E-state index contributed by atoms with van der Waals surface area (Å²) in [5, 5.41) is 0. The Balaban J connectivity index is 0. The first-order valence-corrected chi connectivity index (χ1v) is 4.99. The molecule has 0 saturated carbocycles. The molecule has 2 radical (unpaired) electrons. The summed E-state index contributed by atoms with van der Waals surface area (Å²) in [6.45, 7) is 3.72. The van der Waals surface area contributed by atoms with Gasteiger partial charge in [0, 0.05) is 29.7 Å². The van der Waals surface area contributed by atoms with E-state index in [1.165, 1.54) is 0 Å². The van der Waals surface area contributed by atoms with Crippen molar-refractivity contribution in [2.45, 2.75) is 0 Å². The smallest absolute Gasteiger partial charge is 0.0916 e. The van der Waals surface area contributed by atoms with Gasteiger partial charge in [0.2, 0.25) is 0 Å². The molecule has 0 aliphatic heterocycles. The molecular formula is C8H10MnO3S-. The normalized spacial score (nSPS) is 14.2. The molecular weight excluding hydrogens is 231 g/mol. The maximum atomic E-state index is 9.08. The summed E-state index contributed by atoms with van der Waals surface area (Å²) in [7, 11) is -3.92. The van der Waals surface area contributed by atoms with E-state index in [1.807, 2.05) is 30.7 Å². The fourth-order valence-corrected chi connectivity index (χ4v) is 0.478. The van der Waals surface area contributed by atoms with Crippen molar-refractivity contribution < 1.29 is 30.0 Å². The first kappa shape index (κ1) is 15.1. The average Bonchev–Trinajstić information content (AvgIpc) is 1.85. The molecule has 5 heteroatoms. The fraction of sp³-hybridized carbons (Fsp3) is 0.125. The third-order valence-corrected chi connectivity index (χ3v) is 0.843. The standard InChI is InChI=1S/C7H7.CH4O3S.Mn/c1-7-5-3-2-4-6-7;1-5(2,3)4;/h2-6H,1H2;1H3,(H,2,3,4);/p-1. The molecule has 0 N–H and O–H groups in total. The zero-order valence-electron chi connectivity index (χ0n) is 7.10. The van der Waals surface area contributed by atoms with Gasteiger partial charge in [-0.2, -0.15) is 0 Å². The third-order valence-electron chi connectivity index (χ3n) is 0.843. The van der Waals surface area contributed by atoms with Gasteiger partial charge in [-0.05, 0) is 5.57 Å². The topological polar surface area (TPSA) is 57.2 Å². The van der Waals surface area contributed by atoms with E-state index in [4.69, 9.17) is 13.0 Å². The van der Waals surface area contributed by atoms with E-state index in [1.54, 1.807) is 0 Å². The Morgan fingerprint density at radius 2 is 1.77 bits per heavy atom. The van der Waals surface area contributed by atoms with Crippen molar-refractivity contribution >= 4 is 10.1 Å². The molecule has 0 saturated heterocycles. The second-order valence-corrected chi connectivity index (χ2v) is 3.60. The molecule has 0 aromatic rings. The summed E-state index contributed by atoms with van der Waals surface area (Å²) < 4.78 is 27.2. The Hall–Kier alpha value is -0.351. The summed E-state index contributed by atoms with van der Waals surface area (Å²) in [4.78, 5) is 0. The van der Waals surface area contributed by atoms with Crippen LogP contribution in [0.25, 0.3) is 0 Å². The molecule has 0 spiro atoms. The Labute approximate surface area is 89.4 Å². The largest absolute Gasteiger partial charge is 0.748 e. The Morgan fingerprint density at radius 1 is 1.31 bits per heavy atom. The van der Waals surface area contributed by atoms with Gasteiger partial charge in [0.05, 0.1) is 10.1 Å². The maximum absolute atomic E-state index is 9.08. The molecule has 0 atom stereocenters. The van der Waals surface area contributed by atoms with Gasteiger partial charge >= 0.3 is 0 Å². The molecule has 1 aliphatic rings. The number of rotatable bonds is 0. The molecule has 0 bridgehead atoms. The molecule has 0 aromatic carbocycles. The maximum Gasteiger partial charge on any atom is 0.0916 e. The molecule has 0 unspecified atom stereocenters. The van der Waals surface area contributed by atoms with Crippen molar-refractivity contribution in [3.8, 4) is 0 Å². The van der Waals surface area contributed by atoms with Gasteiger partial charge in [0.1, 0.15) is 0 Å². The molecule has 1 aliphatic carbocycles.